The van der Waals surface area contributed by atoms with Gasteiger partial charge in [0.15, 0.2) is 0 Å². The van der Waals surface area contributed by atoms with E-state index in [1.165, 1.54) is 18.5 Å². The number of halogens is 1. The molecule has 0 aliphatic rings. The van der Waals surface area contributed by atoms with Crippen molar-refractivity contribution < 1.29 is 4.39 Å². The van der Waals surface area contributed by atoms with Crippen molar-refractivity contribution in [3.8, 4) is 11.8 Å². The lowest BCUT2D eigenvalue weighted by Gasteiger charge is -2.12. The maximum atomic E-state index is 13.8. The second-order valence-electron chi connectivity index (χ2n) is 6.15. The van der Waals surface area contributed by atoms with Crippen LogP contribution >= 0.6 is 11.8 Å². The maximum Gasteiger partial charge on any atom is 0.149 e. The van der Waals surface area contributed by atoms with Crippen LogP contribution in [0.3, 0.4) is 0 Å². The fraction of sp³-hybridized carbons (Fsp3) is 0.100. The first-order chi connectivity index (χ1) is 14.1. The summed E-state index contributed by atoms with van der Waals surface area (Å²) in [5, 5.41) is 12.4. The monoisotopic (exact) mass is 405 g/mol. The Bertz CT molecular complexity index is 1250. The molecule has 0 unspecified atom stereocenters. The Hall–Kier alpha value is -3.64. The number of hydrogen-bond acceptors (Lipinski definition) is 7. The topological polar surface area (TPSA) is 105 Å². The van der Waals surface area contributed by atoms with Crippen molar-refractivity contribution >= 4 is 34.4 Å². The zero-order chi connectivity index (χ0) is 20.4. The van der Waals surface area contributed by atoms with Crippen molar-refractivity contribution in [1.82, 2.24) is 19.5 Å². The van der Waals surface area contributed by atoms with Crippen LogP contribution in [0.15, 0.2) is 53.7 Å². The minimum atomic E-state index is -0.352. The quantitative estimate of drug-likeness (QED) is 0.487. The predicted molar refractivity (Wildman–Crippen MR) is 111 cm³/mol. The molecule has 29 heavy (non-hydrogen) atoms. The van der Waals surface area contributed by atoms with Gasteiger partial charge in [0, 0.05) is 16.6 Å². The van der Waals surface area contributed by atoms with Crippen molar-refractivity contribution in [2.24, 2.45) is 0 Å². The first kappa shape index (κ1) is 18.7. The average Bonchev–Trinajstić information content (AvgIpc) is 3.09. The number of fused-ring (bicyclic) bond motifs is 1. The van der Waals surface area contributed by atoms with Crippen LogP contribution in [-0.4, -0.2) is 25.8 Å². The third-order valence-corrected chi connectivity index (χ3v) is 5.13. The van der Waals surface area contributed by atoms with Crippen LogP contribution in [-0.2, 0) is 6.54 Å². The predicted octanol–water partition coefficient (Wildman–Crippen LogP) is 3.74. The zero-order valence-electron chi connectivity index (χ0n) is 15.4. The van der Waals surface area contributed by atoms with E-state index in [0.29, 0.717) is 17.2 Å². The summed E-state index contributed by atoms with van der Waals surface area (Å²) in [5.41, 5.74) is 8.16. The smallest absolute Gasteiger partial charge is 0.149 e. The lowest BCUT2D eigenvalue weighted by atomic mass is 10.2. The standard InChI is InChI=1S/C20H16FN7S/c1-29-14-4-2-3-13(8-14)28-17-6-5-12(21)7-16(17)27-18(28)10-24-20-15(9-22)19(23)25-11-26-20/h2-8,11H,10H2,1H3,(H3,23,24,25,26). The number of nitrogens with one attached hydrogen (secondary N) is 1. The molecule has 9 heteroatoms. The molecular weight excluding hydrogens is 389 g/mol. The molecule has 0 saturated carbocycles. The van der Waals surface area contributed by atoms with E-state index in [4.69, 9.17) is 5.73 Å². The minimum absolute atomic E-state index is 0.105. The lowest BCUT2D eigenvalue weighted by molar-refractivity contribution is 0.629. The van der Waals surface area contributed by atoms with Gasteiger partial charge in [-0.05, 0) is 36.6 Å². The molecule has 0 fully saturated rings. The SMILES string of the molecule is CSc1cccc(-n2c(CNc3ncnc(N)c3C#N)nc3cc(F)ccc32)c1. The number of aromatic nitrogens is 4. The number of nitriles is 1. The minimum Gasteiger partial charge on any atom is -0.382 e. The molecule has 2 aromatic carbocycles. The highest BCUT2D eigenvalue weighted by Gasteiger charge is 2.15. The molecule has 2 aromatic heterocycles. The second-order valence-corrected chi connectivity index (χ2v) is 7.03. The number of thioether (sulfide) groups is 1. The Balaban J connectivity index is 1.80. The van der Waals surface area contributed by atoms with Crippen LogP contribution < -0.4 is 11.1 Å². The van der Waals surface area contributed by atoms with Gasteiger partial charge in [0.25, 0.3) is 0 Å². The highest BCUT2D eigenvalue weighted by atomic mass is 32.2. The van der Waals surface area contributed by atoms with Crippen molar-refractivity contribution in [1.29, 1.82) is 5.26 Å². The number of anilines is 2. The van der Waals surface area contributed by atoms with Crippen LogP contribution in [0, 0.1) is 17.1 Å². The Kier molecular flexibility index (Phi) is 5.01. The molecule has 4 rings (SSSR count). The third kappa shape index (κ3) is 3.58. The van der Waals surface area contributed by atoms with Gasteiger partial charge in [-0.25, -0.2) is 19.3 Å². The summed E-state index contributed by atoms with van der Waals surface area (Å²) in [4.78, 5) is 13.6. The van der Waals surface area contributed by atoms with E-state index in [-0.39, 0.29) is 23.7 Å². The number of nitrogen functional groups attached to an aromatic ring is 1. The van der Waals surface area contributed by atoms with Crippen molar-refractivity contribution in [3.05, 3.63) is 66.0 Å². The van der Waals surface area contributed by atoms with E-state index in [2.05, 4.69) is 20.3 Å². The van der Waals surface area contributed by atoms with Gasteiger partial charge < -0.3 is 11.1 Å². The fourth-order valence-corrected chi connectivity index (χ4v) is 3.52. The number of hydrogen-bond donors (Lipinski definition) is 2. The van der Waals surface area contributed by atoms with E-state index in [1.54, 1.807) is 17.8 Å². The average molecular weight is 405 g/mol. The molecule has 0 saturated heterocycles. The molecule has 0 atom stereocenters. The van der Waals surface area contributed by atoms with E-state index < -0.39 is 0 Å². The lowest BCUT2D eigenvalue weighted by Crippen LogP contribution is -2.11. The fourth-order valence-electron chi connectivity index (χ4n) is 3.07. The Labute approximate surface area is 170 Å². The Morgan fingerprint density at radius 1 is 1.24 bits per heavy atom. The normalized spacial score (nSPS) is 10.8. The van der Waals surface area contributed by atoms with Crippen LogP contribution in [0.4, 0.5) is 16.0 Å². The summed E-state index contributed by atoms with van der Waals surface area (Å²) in [6, 6.07) is 14.5. The Morgan fingerprint density at radius 2 is 2.10 bits per heavy atom. The van der Waals surface area contributed by atoms with Gasteiger partial charge in [0.05, 0.1) is 17.6 Å². The molecule has 0 aliphatic carbocycles. The summed E-state index contributed by atoms with van der Waals surface area (Å²) >= 11 is 1.63. The highest BCUT2D eigenvalue weighted by molar-refractivity contribution is 7.98. The number of nitrogens with zero attached hydrogens (tertiary/aromatic N) is 5. The Morgan fingerprint density at radius 3 is 2.90 bits per heavy atom. The van der Waals surface area contributed by atoms with Gasteiger partial charge in [-0.2, -0.15) is 5.26 Å². The molecule has 0 radical (unpaired) electrons. The number of imidazole rings is 1. The van der Waals surface area contributed by atoms with E-state index in [9.17, 15) is 9.65 Å². The van der Waals surface area contributed by atoms with Gasteiger partial charge in [0.2, 0.25) is 0 Å². The molecule has 4 aromatic rings. The molecule has 3 N–H and O–H groups in total. The first-order valence-corrected chi connectivity index (χ1v) is 9.89. The molecule has 2 heterocycles. The first-order valence-electron chi connectivity index (χ1n) is 8.66. The molecule has 0 aliphatic heterocycles. The third-order valence-electron chi connectivity index (χ3n) is 4.40. The molecule has 0 spiro atoms. The molecular formula is C20H16FN7S. The van der Waals surface area contributed by atoms with Crippen molar-refractivity contribution in [2.45, 2.75) is 11.4 Å². The summed E-state index contributed by atoms with van der Waals surface area (Å²) < 4.78 is 15.7. The maximum absolute atomic E-state index is 13.8. The zero-order valence-corrected chi connectivity index (χ0v) is 16.2. The van der Waals surface area contributed by atoms with Crippen molar-refractivity contribution in [2.75, 3.05) is 17.3 Å². The van der Waals surface area contributed by atoms with E-state index in [1.807, 2.05) is 41.2 Å². The van der Waals surface area contributed by atoms with Crippen LogP contribution in [0.2, 0.25) is 0 Å². The summed E-state index contributed by atoms with van der Waals surface area (Å²) in [6.07, 6.45) is 3.30. The number of nitrogens with two attached hydrogens (primary N) is 1. The summed E-state index contributed by atoms with van der Waals surface area (Å²) in [7, 11) is 0. The van der Waals surface area contributed by atoms with Crippen LogP contribution in [0.1, 0.15) is 11.4 Å². The number of rotatable bonds is 5. The van der Waals surface area contributed by atoms with Crippen LogP contribution in [0.5, 0.6) is 0 Å². The molecule has 0 bridgehead atoms. The van der Waals surface area contributed by atoms with E-state index >= 15 is 0 Å². The summed E-state index contributed by atoms with van der Waals surface area (Å²) in [5.74, 6) is 0.718. The van der Waals surface area contributed by atoms with Crippen LogP contribution in [0.25, 0.3) is 16.7 Å². The van der Waals surface area contributed by atoms with Gasteiger partial charge in [-0.3, -0.25) is 4.57 Å². The molecule has 0 amide bonds. The second kappa shape index (κ2) is 7.77. The van der Waals surface area contributed by atoms with Gasteiger partial charge >= 0.3 is 0 Å². The summed E-state index contributed by atoms with van der Waals surface area (Å²) in [6.45, 7) is 0.255. The molecule has 7 nitrogen and oxygen atoms in total. The van der Waals surface area contributed by atoms with Gasteiger partial charge in [0.1, 0.15) is 41.2 Å². The highest BCUT2D eigenvalue weighted by Crippen LogP contribution is 2.26. The number of benzene rings is 2. The van der Waals surface area contributed by atoms with Gasteiger partial charge in [-0.1, -0.05) is 6.07 Å². The molecule has 144 valence electrons. The van der Waals surface area contributed by atoms with Crippen molar-refractivity contribution in [3.63, 3.8) is 0 Å². The largest absolute Gasteiger partial charge is 0.382 e. The van der Waals surface area contributed by atoms with Gasteiger partial charge in [-0.15, -0.1) is 11.8 Å². The van der Waals surface area contributed by atoms with E-state index in [0.717, 1.165) is 16.1 Å².